The van der Waals surface area contributed by atoms with E-state index in [-0.39, 0.29) is 6.03 Å². The van der Waals surface area contributed by atoms with E-state index in [0.717, 1.165) is 63.6 Å². The summed E-state index contributed by atoms with van der Waals surface area (Å²) in [6.07, 6.45) is 3.21. The number of hydrogen-bond donors (Lipinski definition) is 2. The molecular weight excluding hydrogens is 360 g/mol. The average molecular weight is 393 g/mol. The number of halogens is 1. The molecule has 1 aromatic carbocycles. The molecule has 0 aromatic heterocycles. The highest BCUT2D eigenvalue weighted by atomic mass is 35.5. The lowest BCUT2D eigenvalue weighted by molar-refractivity contribution is 0.177. The van der Waals surface area contributed by atoms with E-state index >= 15 is 0 Å². The van der Waals surface area contributed by atoms with Crippen LogP contribution in [-0.4, -0.2) is 56.2 Å². The first-order chi connectivity index (χ1) is 13.0. The fraction of sp³-hybridized carbons (Fsp3) is 0.667. The molecule has 2 fully saturated rings. The molecule has 3 rings (SSSR count). The Morgan fingerprint density at radius 3 is 2.52 bits per heavy atom. The number of hydrogen-bond acceptors (Lipinski definition) is 3. The lowest BCUT2D eigenvalue weighted by atomic mass is 10.0. The average Bonchev–Trinajstić information content (AvgIpc) is 3.11. The first kappa shape index (κ1) is 20.3. The first-order valence-corrected chi connectivity index (χ1v) is 10.6. The maximum atomic E-state index is 12.3. The molecule has 2 N–H and O–H groups in total. The van der Waals surface area contributed by atoms with Gasteiger partial charge in [-0.05, 0) is 55.4 Å². The zero-order chi connectivity index (χ0) is 19.2. The Labute approximate surface area is 168 Å². The fourth-order valence-electron chi connectivity index (χ4n) is 4.14. The molecule has 0 saturated carbocycles. The van der Waals surface area contributed by atoms with Crippen molar-refractivity contribution in [2.24, 2.45) is 11.8 Å². The summed E-state index contributed by atoms with van der Waals surface area (Å²) in [7, 11) is 0. The molecule has 0 bridgehead atoms. The van der Waals surface area contributed by atoms with Crippen LogP contribution in [0.4, 0.5) is 10.5 Å². The summed E-state index contributed by atoms with van der Waals surface area (Å²) in [6.45, 7) is 10.6. The van der Waals surface area contributed by atoms with Crippen LogP contribution >= 0.6 is 11.6 Å². The fourth-order valence-corrected chi connectivity index (χ4v) is 4.26. The largest absolute Gasteiger partial charge is 0.371 e. The zero-order valence-corrected chi connectivity index (χ0v) is 17.3. The summed E-state index contributed by atoms with van der Waals surface area (Å²) in [4.78, 5) is 17.1. The van der Waals surface area contributed by atoms with Crippen molar-refractivity contribution in [2.45, 2.75) is 39.2 Å². The van der Waals surface area contributed by atoms with Gasteiger partial charge in [0.25, 0.3) is 0 Å². The first-order valence-electron chi connectivity index (χ1n) is 10.3. The van der Waals surface area contributed by atoms with Gasteiger partial charge in [0.2, 0.25) is 0 Å². The van der Waals surface area contributed by atoms with Crippen LogP contribution in [-0.2, 0) is 0 Å². The van der Waals surface area contributed by atoms with Crippen LogP contribution in [0, 0.1) is 11.8 Å². The van der Waals surface area contributed by atoms with Gasteiger partial charge in [0, 0.05) is 56.0 Å². The second kappa shape index (κ2) is 9.65. The smallest absolute Gasteiger partial charge is 0.315 e. The molecule has 5 nitrogen and oxygen atoms in total. The van der Waals surface area contributed by atoms with Crippen molar-refractivity contribution in [1.29, 1.82) is 0 Å². The Balaban J connectivity index is 1.33. The van der Waals surface area contributed by atoms with Crippen molar-refractivity contribution in [3.63, 3.8) is 0 Å². The van der Waals surface area contributed by atoms with Gasteiger partial charge < -0.3 is 20.4 Å². The second-order valence-electron chi connectivity index (χ2n) is 8.40. The minimum Gasteiger partial charge on any atom is -0.371 e. The minimum absolute atomic E-state index is 0.0118. The molecular formula is C21H33ClN4O. The van der Waals surface area contributed by atoms with Gasteiger partial charge in [-0.3, -0.25) is 0 Å². The van der Waals surface area contributed by atoms with Gasteiger partial charge in [-0.15, -0.1) is 0 Å². The number of anilines is 1. The lowest BCUT2D eigenvalue weighted by Gasteiger charge is -2.33. The van der Waals surface area contributed by atoms with Crippen LogP contribution in [0.25, 0.3) is 0 Å². The quantitative estimate of drug-likeness (QED) is 0.777. The van der Waals surface area contributed by atoms with Gasteiger partial charge >= 0.3 is 6.03 Å². The van der Waals surface area contributed by atoms with Crippen LogP contribution in [0.2, 0.25) is 5.02 Å². The highest BCUT2D eigenvalue weighted by Crippen LogP contribution is 2.24. The third-order valence-corrected chi connectivity index (χ3v) is 5.83. The van der Waals surface area contributed by atoms with Crippen molar-refractivity contribution in [3.8, 4) is 0 Å². The molecule has 1 aromatic rings. The van der Waals surface area contributed by atoms with Crippen molar-refractivity contribution in [2.75, 3.05) is 44.2 Å². The van der Waals surface area contributed by atoms with Crippen molar-refractivity contribution in [1.82, 2.24) is 15.5 Å². The molecule has 2 saturated heterocycles. The number of benzene rings is 1. The molecule has 2 aliphatic heterocycles. The summed E-state index contributed by atoms with van der Waals surface area (Å²) in [5.74, 6) is 1.20. The Hall–Kier alpha value is -1.46. The van der Waals surface area contributed by atoms with E-state index in [4.69, 9.17) is 11.6 Å². The van der Waals surface area contributed by atoms with Crippen LogP contribution in [0.1, 0.15) is 33.1 Å². The number of piperidine rings is 1. The second-order valence-corrected chi connectivity index (χ2v) is 8.84. The predicted octanol–water partition coefficient (Wildman–Crippen LogP) is 3.59. The molecule has 6 heteroatoms. The monoisotopic (exact) mass is 392 g/mol. The van der Waals surface area contributed by atoms with E-state index in [1.54, 1.807) is 0 Å². The van der Waals surface area contributed by atoms with Crippen LogP contribution in [0.5, 0.6) is 0 Å². The Kier molecular flexibility index (Phi) is 7.25. The molecule has 150 valence electrons. The van der Waals surface area contributed by atoms with Gasteiger partial charge in [0.15, 0.2) is 0 Å². The van der Waals surface area contributed by atoms with Gasteiger partial charge in [0.1, 0.15) is 0 Å². The maximum absolute atomic E-state index is 12.3. The molecule has 27 heavy (non-hydrogen) atoms. The number of likely N-dealkylation sites (tertiary alicyclic amines) is 1. The third kappa shape index (κ3) is 6.28. The Bertz CT molecular complexity index is 599. The summed E-state index contributed by atoms with van der Waals surface area (Å²) >= 11 is 5.97. The highest BCUT2D eigenvalue weighted by molar-refractivity contribution is 6.30. The van der Waals surface area contributed by atoms with Crippen LogP contribution in [0.3, 0.4) is 0 Å². The number of urea groups is 1. The predicted molar refractivity (Wildman–Crippen MR) is 113 cm³/mol. The standard InChI is InChI=1S/C21H33ClN4O/c1-16(2)14-25-10-8-19(9-11-25)24-21(27)23-13-17-7-12-26(15-17)20-5-3-18(22)4-6-20/h3-6,16-17,19H,7-15H2,1-2H3,(H2,23,24,27)/t17-/m0/s1. The number of carbonyl (C=O) groups excluding carboxylic acids is 1. The third-order valence-electron chi connectivity index (χ3n) is 5.58. The number of nitrogens with zero attached hydrogens (tertiary/aromatic N) is 2. The van der Waals surface area contributed by atoms with Crippen LogP contribution in [0.15, 0.2) is 24.3 Å². The van der Waals surface area contributed by atoms with Gasteiger partial charge in [0.05, 0.1) is 0 Å². The minimum atomic E-state index is -0.0118. The molecule has 2 aliphatic rings. The van der Waals surface area contributed by atoms with E-state index < -0.39 is 0 Å². The Morgan fingerprint density at radius 1 is 1.15 bits per heavy atom. The van der Waals surface area contributed by atoms with Crippen molar-refractivity contribution < 1.29 is 4.79 Å². The summed E-state index contributed by atoms with van der Waals surface area (Å²) in [5.41, 5.74) is 1.21. The van der Waals surface area contributed by atoms with E-state index in [0.29, 0.717) is 17.9 Å². The normalized spacial score (nSPS) is 21.6. The van der Waals surface area contributed by atoms with E-state index in [9.17, 15) is 4.79 Å². The van der Waals surface area contributed by atoms with Gasteiger partial charge in [-0.2, -0.15) is 0 Å². The van der Waals surface area contributed by atoms with Crippen molar-refractivity contribution >= 4 is 23.3 Å². The molecule has 0 spiro atoms. The number of carbonyl (C=O) groups is 1. The Morgan fingerprint density at radius 2 is 1.85 bits per heavy atom. The topological polar surface area (TPSA) is 47.6 Å². The number of amides is 2. The molecule has 1 atom stereocenters. The summed E-state index contributed by atoms with van der Waals surface area (Å²) in [5, 5.41) is 7.01. The number of nitrogens with one attached hydrogen (secondary N) is 2. The molecule has 0 radical (unpaired) electrons. The SMILES string of the molecule is CC(C)CN1CCC(NC(=O)NC[C@@H]2CCN(c3ccc(Cl)cc3)C2)CC1. The highest BCUT2D eigenvalue weighted by Gasteiger charge is 2.24. The summed E-state index contributed by atoms with van der Waals surface area (Å²) in [6, 6.07) is 8.29. The number of rotatable bonds is 6. The maximum Gasteiger partial charge on any atom is 0.315 e. The van der Waals surface area contributed by atoms with E-state index in [1.807, 2.05) is 12.1 Å². The van der Waals surface area contributed by atoms with E-state index in [1.165, 1.54) is 5.69 Å². The van der Waals surface area contributed by atoms with Gasteiger partial charge in [-0.25, -0.2) is 4.79 Å². The molecule has 2 heterocycles. The van der Waals surface area contributed by atoms with Crippen LogP contribution < -0.4 is 15.5 Å². The molecule has 0 unspecified atom stereocenters. The zero-order valence-electron chi connectivity index (χ0n) is 16.6. The lowest BCUT2D eigenvalue weighted by Crippen LogP contribution is -2.49. The van der Waals surface area contributed by atoms with Crippen molar-refractivity contribution in [3.05, 3.63) is 29.3 Å². The van der Waals surface area contributed by atoms with Gasteiger partial charge in [-0.1, -0.05) is 25.4 Å². The molecule has 0 aliphatic carbocycles. The molecule has 2 amide bonds. The summed E-state index contributed by atoms with van der Waals surface area (Å²) < 4.78 is 0. The van der Waals surface area contributed by atoms with E-state index in [2.05, 4.69) is 46.4 Å².